The number of hydrogen-bond donors (Lipinski definition) is 0. The van der Waals surface area contributed by atoms with Crippen LogP contribution in [0.4, 0.5) is 0 Å². The minimum Gasteiger partial charge on any atom is -0.548 e. The Morgan fingerprint density at radius 3 is 0.869 bits per heavy atom. The molecule has 16 nitrogen and oxygen atoms in total. The van der Waals surface area contributed by atoms with Crippen LogP contribution in [0.25, 0.3) is 21.5 Å². The van der Waals surface area contributed by atoms with Crippen LogP contribution in [-0.4, -0.2) is 115 Å². The zero-order valence-electron chi connectivity index (χ0n) is 32.1. The van der Waals surface area contributed by atoms with Crippen molar-refractivity contribution in [1.82, 2.24) is 19.6 Å². The molecule has 0 aliphatic carbocycles. The number of amides is 8. The van der Waals surface area contributed by atoms with Crippen molar-refractivity contribution in [2.45, 2.75) is 57.0 Å². The van der Waals surface area contributed by atoms with Crippen molar-refractivity contribution in [2.24, 2.45) is 0 Å². The molecule has 2 atom stereocenters. The van der Waals surface area contributed by atoms with E-state index < -0.39 is 82.8 Å². The van der Waals surface area contributed by atoms with Gasteiger partial charge in [0.15, 0.2) is 0 Å². The van der Waals surface area contributed by atoms with E-state index in [1.54, 1.807) is 0 Å². The fourth-order valence-electron chi connectivity index (χ4n) is 9.00. The van der Waals surface area contributed by atoms with Gasteiger partial charge in [-0.2, -0.15) is 0 Å². The predicted molar refractivity (Wildman–Crippen MR) is 214 cm³/mol. The summed E-state index contributed by atoms with van der Waals surface area (Å²) in [6.07, 6.45) is 4.85. The zero-order valence-corrected chi connectivity index (χ0v) is 33.7. The number of carbonyl (C=O) groups excluding carboxylic acids is 10. The van der Waals surface area contributed by atoms with E-state index in [2.05, 4.69) is 0 Å². The molecule has 22 rings (SSSR count). The molecule has 18 aliphatic heterocycles. The average molecular weight is 861 g/mol. The minimum absolute atomic E-state index is 0.0571. The summed E-state index contributed by atoms with van der Waals surface area (Å²) in [4.78, 5) is 139. The van der Waals surface area contributed by atoms with Crippen molar-refractivity contribution >= 4 is 102 Å². The molecule has 16 bridgehead atoms. The SMILES string of the molecule is O=C([O-])[C@@H]1CSSC[C@@H](C(=O)[O-])N2C(=O)c3ccc4c5c(ccc(c35)C2=O)C(=O)N(CCCCCCCCCN2C(=O)c3ccc5c6c(ccc(c36)C2=O)C(=O)N1C5=O)C4=O. The Bertz CT molecular complexity index is 2440. The average Bonchev–Trinajstić information content (AvgIpc) is 3.23. The number of carboxylic acids is 2. The number of hydrogen-bond acceptors (Lipinski definition) is 14. The van der Waals surface area contributed by atoms with Crippen LogP contribution in [-0.2, 0) is 9.59 Å². The molecular formula is C43H32N4O12S2-2. The maximum atomic E-state index is 14.0. The first-order chi connectivity index (χ1) is 29.3. The smallest absolute Gasteiger partial charge is 0.262 e. The van der Waals surface area contributed by atoms with Crippen molar-refractivity contribution in [3.63, 3.8) is 0 Å². The standard InChI is InChI=1S/C43H34N4O12S2/c48-34-20-8-12-24-32-25-13-9-21(30(20)32)35(49)44(34)16-6-4-2-1-3-5-7-17-45-36(50)22-10-14-26-33-27(15-11-23(31(22)33)37(45)51)41(55)47(40(26)54)29(43(58)59)19-61-60-18-28(42(56)57)46(38(24)52)39(25)53/h8-15,28-29H,1-7,16-19H2,(H,56,57)(H,58,59)/p-2/t28-,29-/m0/s1. The Balaban J connectivity index is 1.04. The van der Waals surface area contributed by atoms with Gasteiger partial charge in [-0.25, -0.2) is 0 Å². The molecule has 61 heavy (non-hydrogen) atoms. The van der Waals surface area contributed by atoms with E-state index in [1.807, 2.05) is 0 Å². The summed E-state index contributed by atoms with van der Waals surface area (Å²) in [5.74, 6) is -11.0. The molecule has 18 aliphatic rings. The molecule has 0 saturated carbocycles. The highest BCUT2D eigenvalue weighted by molar-refractivity contribution is 8.76. The molecular weight excluding hydrogens is 829 g/mol. The van der Waals surface area contributed by atoms with Crippen LogP contribution in [0.15, 0.2) is 48.5 Å². The van der Waals surface area contributed by atoms with Crippen molar-refractivity contribution in [1.29, 1.82) is 0 Å². The lowest BCUT2D eigenvalue weighted by atomic mass is 9.85. The monoisotopic (exact) mass is 860 g/mol. The molecule has 0 spiro atoms. The van der Waals surface area contributed by atoms with E-state index >= 15 is 0 Å². The fraction of sp³-hybridized carbons (Fsp3) is 0.302. The van der Waals surface area contributed by atoms with Crippen LogP contribution < -0.4 is 10.2 Å². The number of benzene rings is 4. The van der Waals surface area contributed by atoms with Crippen LogP contribution in [0.5, 0.6) is 0 Å². The Morgan fingerprint density at radius 1 is 0.393 bits per heavy atom. The number of imide groups is 4. The molecule has 18 heterocycles. The molecule has 8 amide bonds. The van der Waals surface area contributed by atoms with E-state index in [0.29, 0.717) is 35.5 Å². The summed E-state index contributed by atoms with van der Waals surface area (Å²) in [6.45, 7) is 0.272. The van der Waals surface area contributed by atoms with E-state index in [1.165, 1.54) is 48.5 Å². The molecule has 0 N–H and O–H groups in total. The Morgan fingerprint density at radius 2 is 0.623 bits per heavy atom. The first-order valence-electron chi connectivity index (χ1n) is 19.7. The van der Waals surface area contributed by atoms with E-state index in [9.17, 15) is 58.2 Å². The number of rotatable bonds is 2. The van der Waals surface area contributed by atoms with Gasteiger partial charge in [0, 0.05) is 90.6 Å². The highest BCUT2D eigenvalue weighted by Crippen LogP contribution is 2.41. The highest BCUT2D eigenvalue weighted by atomic mass is 33.1. The van der Waals surface area contributed by atoms with Gasteiger partial charge in [0.2, 0.25) is 0 Å². The van der Waals surface area contributed by atoms with Crippen molar-refractivity contribution in [2.75, 3.05) is 24.6 Å². The van der Waals surface area contributed by atoms with E-state index in [4.69, 9.17) is 0 Å². The largest absolute Gasteiger partial charge is 0.548 e. The first-order valence-corrected chi connectivity index (χ1v) is 22.2. The second-order valence-electron chi connectivity index (χ2n) is 15.3. The van der Waals surface area contributed by atoms with Crippen molar-refractivity contribution in [3.8, 4) is 0 Å². The topological polar surface area (TPSA) is 230 Å². The Labute approximate surface area is 353 Å². The first kappa shape index (κ1) is 40.0. The van der Waals surface area contributed by atoms with Crippen LogP contribution in [0.2, 0.25) is 0 Å². The van der Waals surface area contributed by atoms with Crippen LogP contribution in [0, 0.1) is 0 Å². The highest BCUT2D eigenvalue weighted by Gasteiger charge is 2.44. The number of carbonyl (C=O) groups is 10. The van der Waals surface area contributed by atoms with Gasteiger partial charge in [-0.15, -0.1) is 0 Å². The number of nitrogens with zero attached hydrogens (tertiary/aromatic N) is 4. The third-order valence-corrected chi connectivity index (χ3v) is 14.4. The van der Waals surface area contributed by atoms with Gasteiger partial charge in [0.1, 0.15) is 0 Å². The molecule has 0 saturated heterocycles. The third-order valence-electron chi connectivity index (χ3n) is 12.0. The predicted octanol–water partition coefficient (Wildman–Crippen LogP) is 2.44. The van der Waals surface area contributed by atoms with Gasteiger partial charge in [0.05, 0.1) is 24.0 Å². The second kappa shape index (κ2) is 15.3. The van der Waals surface area contributed by atoms with Crippen molar-refractivity contribution < 1.29 is 58.2 Å². The fourth-order valence-corrected chi connectivity index (χ4v) is 11.4. The lowest BCUT2D eigenvalue weighted by molar-refractivity contribution is -0.310. The minimum atomic E-state index is -1.89. The summed E-state index contributed by atoms with van der Waals surface area (Å²) >= 11 is 0. The maximum absolute atomic E-state index is 14.0. The Hall–Kier alpha value is -6.40. The van der Waals surface area contributed by atoms with Gasteiger partial charge in [-0.05, 0) is 61.4 Å². The third kappa shape index (κ3) is 6.13. The summed E-state index contributed by atoms with van der Waals surface area (Å²) < 4.78 is 0. The van der Waals surface area contributed by atoms with E-state index in [-0.39, 0.29) is 79.1 Å². The van der Waals surface area contributed by atoms with Crippen LogP contribution >= 0.6 is 21.6 Å². The van der Waals surface area contributed by atoms with Gasteiger partial charge >= 0.3 is 0 Å². The molecule has 0 radical (unpaired) electrons. The molecule has 0 unspecified atom stereocenters. The van der Waals surface area contributed by atoms with Gasteiger partial charge in [-0.3, -0.25) is 58.0 Å². The van der Waals surface area contributed by atoms with Crippen molar-refractivity contribution in [3.05, 3.63) is 93.0 Å². The number of aliphatic carboxylic acids is 2. The van der Waals surface area contributed by atoms with Gasteiger partial charge in [0.25, 0.3) is 47.3 Å². The summed E-state index contributed by atoms with van der Waals surface area (Å²) in [5.41, 5.74) is 0.0565. The molecule has 18 heteroatoms. The van der Waals surface area contributed by atoms with Crippen LogP contribution in [0.1, 0.15) is 128 Å². The lowest BCUT2D eigenvalue weighted by Crippen LogP contribution is -2.56. The van der Waals surface area contributed by atoms with Gasteiger partial charge in [-0.1, -0.05) is 53.7 Å². The molecule has 0 aromatic heterocycles. The van der Waals surface area contributed by atoms with Gasteiger partial charge < -0.3 is 19.8 Å². The summed E-state index contributed by atoms with van der Waals surface area (Å²) in [5, 5.41) is 25.5. The number of carboxylic acid groups (broad SMARTS) is 2. The normalized spacial score (nSPS) is 21.3. The second-order valence-corrected chi connectivity index (χ2v) is 17.9. The summed E-state index contributed by atoms with van der Waals surface area (Å²) in [7, 11) is 1.48. The van der Waals surface area contributed by atoms with E-state index in [0.717, 1.165) is 50.7 Å². The lowest BCUT2D eigenvalue weighted by Gasteiger charge is -2.36. The zero-order chi connectivity index (χ0) is 43.0. The molecule has 4 aromatic rings. The Kier molecular flexibility index (Phi) is 10.0. The summed E-state index contributed by atoms with van der Waals surface area (Å²) in [6, 6.07) is 7.00. The van der Waals surface area contributed by atoms with Crippen LogP contribution in [0.3, 0.4) is 0 Å². The molecule has 310 valence electrons. The molecule has 4 aromatic carbocycles. The molecule has 0 fully saturated rings. The quantitative estimate of drug-likeness (QED) is 0.208. The maximum Gasteiger partial charge on any atom is 0.262 e.